The number of hydrogen-bond acceptors (Lipinski definition) is 5. The van der Waals surface area contributed by atoms with Crippen molar-refractivity contribution < 1.29 is 0 Å². The van der Waals surface area contributed by atoms with Gasteiger partial charge in [0.1, 0.15) is 11.0 Å². The van der Waals surface area contributed by atoms with Gasteiger partial charge in [-0.15, -0.1) is 10.2 Å². The van der Waals surface area contributed by atoms with E-state index in [-0.39, 0.29) is 0 Å². The van der Waals surface area contributed by atoms with Crippen molar-refractivity contribution in [3.8, 4) is 61.3 Å². The van der Waals surface area contributed by atoms with Crippen LogP contribution < -0.4 is 0 Å². The normalized spacial score (nSPS) is 11.3. The first-order chi connectivity index (χ1) is 24.3. The van der Waals surface area contributed by atoms with Gasteiger partial charge in [-0.3, -0.25) is 15.0 Å². The van der Waals surface area contributed by atoms with Crippen molar-refractivity contribution in [2.24, 2.45) is 0 Å². The van der Waals surface area contributed by atoms with Gasteiger partial charge in [-0.1, -0.05) is 97.1 Å². The molecule has 6 nitrogen and oxygen atoms in total. The molecule has 0 aliphatic rings. The average molecular weight is 629 g/mol. The van der Waals surface area contributed by atoms with Crippen LogP contribution in [0.15, 0.2) is 171 Å². The standard InChI is InChI=1S/C43H28N6/c1-2-8-39-36(5-1)27-46-28-41(39)33-17-19-38(20-18-33)49-47-42-24-37(31-11-9-29(10-12-31)34-6-3-21-44-25-34)23-40(43(42)48-49)32-15-13-30(14-16-32)35-7-4-22-45-26-35/h1-28H. The van der Waals surface area contributed by atoms with Crippen molar-refractivity contribution in [3.63, 3.8) is 0 Å². The Labute approximate surface area is 283 Å². The summed E-state index contributed by atoms with van der Waals surface area (Å²) in [6, 6.07) is 46.3. The van der Waals surface area contributed by atoms with Crippen LogP contribution in [0.1, 0.15) is 0 Å². The van der Waals surface area contributed by atoms with Gasteiger partial charge >= 0.3 is 0 Å². The zero-order chi connectivity index (χ0) is 32.6. The Morgan fingerprint density at radius 2 is 0.980 bits per heavy atom. The third-order valence-electron chi connectivity index (χ3n) is 8.97. The quantitative estimate of drug-likeness (QED) is 0.183. The van der Waals surface area contributed by atoms with Gasteiger partial charge in [0, 0.05) is 53.7 Å². The van der Waals surface area contributed by atoms with Crippen molar-refractivity contribution in [2.75, 3.05) is 0 Å². The van der Waals surface area contributed by atoms with E-state index < -0.39 is 0 Å². The van der Waals surface area contributed by atoms with Crippen molar-refractivity contribution in [3.05, 3.63) is 171 Å². The molecule has 4 aromatic heterocycles. The topological polar surface area (TPSA) is 69.4 Å². The maximum Gasteiger partial charge on any atom is 0.121 e. The van der Waals surface area contributed by atoms with Crippen LogP contribution in [0.5, 0.6) is 0 Å². The van der Waals surface area contributed by atoms with Crippen LogP contribution in [0.4, 0.5) is 0 Å². The highest BCUT2D eigenvalue weighted by atomic mass is 15.5. The van der Waals surface area contributed by atoms with Gasteiger partial charge in [0.25, 0.3) is 0 Å². The summed E-state index contributed by atoms with van der Waals surface area (Å²) < 4.78 is 0. The second-order valence-corrected chi connectivity index (χ2v) is 12.0. The van der Waals surface area contributed by atoms with Crippen LogP contribution in [0, 0.1) is 0 Å². The maximum atomic E-state index is 5.06. The Balaban J connectivity index is 1.13. The summed E-state index contributed by atoms with van der Waals surface area (Å²) >= 11 is 0. The third-order valence-corrected chi connectivity index (χ3v) is 8.97. The van der Waals surface area contributed by atoms with Gasteiger partial charge in [0.05, 0.1) is 5.69 Å². The highest BCUT2D eigenvalue weighted by Crippen LogP contribution is 2.35. The molecule has 0 aliphatic heterocycles. The molecule has 49 heavy (non-hydrogen) atoms. The summed E-state index contributed by atoms with van der Waals surface area (Å²) in [5, 5.41) is 12.4. The molecule has 0 atom stereocenters. The summed E-state index contributed by atoms with van der Waals surface area (Å²) in [7, 11) is 0. The minimum atomic E-state index is 0.822. The Kier molecular flexibility index (Phi) is 7.02. The first kappa shape index (κ1) is 28.4. The van der Waals surface area contributed by atoms with Crippen LogP contribution in [0.25, 0.3) is 83.1 Å². The van der Waals surface area contributed by atoms with Crippen LogP contribution in [-0.2, 0) is 0 Å². The number of pyridine rings is 3. The van der Waals surface area contributed by atoms with E-state index >= 15 is 0 Å². The van der Waals surface area contributed by atoms with E-state index in [2.05, 4.69) is 130 Å². The molecule has 0 spiro atoms. The summed E-state index contributed by atoms with van der Waals surface area (Å²) in [6.07, 6.45) is 11.2. The van der Waals surface area contributed by atoms with E-state index in [1.165, 1.54) is 5.39 Å². The van der Waals surface area contributed by atoms with Crippen LogP contribution in [0.2, 0.25) is 0 Å². The summed E-state index contributed by atoms with van der Waals surface area (Å²) in [5.74, 6) is 0. The molecule has 0 amide bonds. The second-order valence-electron chi connectivity index (χ2n) is 12.0. The largest absolute Gasteiger partial charge is 0.264 e. The van der Waals surface area contributed by atoms with E-state index in [4.69, 9.17) is 10.2 Å². The van der Waals surface area contributed by atoms with E-state index in [9.17, 15) is 0 Å². The molecule has 5 aromatic carbocycles. The molecule has 0 saturated carbocycles. The average Bonchev–Trinajstić information content (AvgIpc) is 3.63. The van der Waals surface area contributed by atoms with Gasteiger partial charge in [-0.25, -0.2) is 0 Å². The number of nitrogens with zero attached hydrogens (tertiary/aromatic N) is 6. The lowest BCUT2D eigenvalue weighted by Crippen LogP contribution is -1.98. The molecule has 6 heteroatoms. The lowest BCUT2D eigenvalue weighted by molar-refractivity contribution is 0.766. The maximum absolute atomic E-state index is 5.06. The molecule has 9 rings (SSSR count). The molecule has 0 saturated heterocycles. The molecule has 0 fully saturated rings. The molecule has 0 N–H and O–H groups in total. The highest BCUT2D eigenvalue weighted by Gasteiger charge is 2.15. The van der Waals surface area contributed by atoms with Crippen molar-refractivity contribution in [1.82, 2.24) is 29.9 Å². The zero-order valence-electron chi connectivity index (χ0n) is 26.3. The Bertz CT molecular complexity index is 2550. The van der Waals surface area contributed by atoms with Gasteiger partial charge < -0.3 is 0 Å². The van der Waals surface area contributed by atoms with Crippen LogP contribution >= 0.6 is 0 Å². The first-order valence-electron chi connectivity index (χ1n) is 16.1. The number of rotatable bonds is 6. The fraction of sp³-hybridized carbons (Fsp3) is 0. The Morgan fingerprint density at radius 1 is 0.388 bits per heavy atom. The van der Waals surface area contributed by atoms with Gasteiger partial charge in [0.2, 0.25) is 0 Å². The summed E-state index contributed by atoms with van der Waals surface area (Å²) in [6.45, 7) is 0. The molecular weight excluding hydrogens is 601 g/mol. The monoisotopic (exact) mass is 628 g/mol. The van der Waals surface area contributed by atoms with E-state index in [1.807, 2.05) is 43.0 Å². The number of fused-ring (bicyclic) bond motifs is 2. The van der Waals surface area contributed by atoms with E-state index in [0.717, 1.165) is 77.7 Å². The molecule has 0 unspecified atom stereocenters. The summed E-state index contributed by atoms with van der Waals surface area (Å²) in [4.78, 5) is 14.8. The molecule has 0 bridgehead atoms. The molecule has 230 valence electrons. The molecular formula is C43H28N6. The van der Waals surface area contributed by atoms with Gasteiger partial charge in [-0.2, -0.15) is 4.80 Å². The second kappa shape index (κ2) is 12.1. The minimum absolute atomic E-state index is 0.822. The molecule has 0 aliphatic carbocycles. The lowest BCUT2D eigenvalue weighted by atomic mass is 9.95. The van der Waals surface area contributed by atoms with Crippen LogP contribution in [0.3, 0.4) is 0 Å². The molecule has 9 aromatic rings. The SMILES string of the molecule is c1cncc(-c2ccc(-c3cc(-c4ccc(-c5cccnc5)cc4)c4nn(-c5ccc(-c6cncc7ccccc67)cc5)nc4c3)cc2)c1. The van der Waals surface area contributed by atoms with Gasteiger partial charge in [0.15, 0.2) is 0 Å². The van der Waals surface area contributed by atoms with E-state index in [0.29, 0.717) is 0 Å². The summed E-state index contributed by atoms with van der Waals surface area (Å²) in [5.41, 5.74) is 13.4. The predicted molar refractivity (Wildman–Crippen MR) is 197 cm³/mol. The number of benzene rings is 5. The number of hydrogen-bond donors (Lipinski definition) is 0. The minimum Gasteiger partial charge on any atom is -0.264 e. The van der Waals surface area contributed by atoms with E-state index in [1.54, 1.807) is 17.2 Å². The highest BCUT2D eigenvalue weighted by molar-refractivity contribution is 5.97. The van der Waals surface area contributed by atoms with Crippen molar-refractivity contribution in [2.45, 2.75) is 0 Å². The predicted octanol–water partition coefficient (Wildman–Crippen LogP) is 10.1. The third kappa shape index (κ3) is 5.41. The molecule has 0 radical (unpaired) electrons. The first-order valence-corrected chi connectivity index (χ1v) is 16.1. The number of aromatic nitrogens is 6. The molecule has 4 heterocycles. The Hall–Kier alpha value is -6.79. The smallest absolute Gasteiger partial charge is 0.121 e. The van der Waals surface area contributed by atoms with Crippen molar-refractivity contribution in [1.29, 1.82) is 0 Å². The fourth-order valence-electron chi connectivity index (χ4n) is 6.41. The zero-order valence-corrected chi connectivity index (χ0v) is 26.3. The van der Waals surface area contributed by atoms with Crippen molar-refractivity contribution >= 4 is 21.8 Å². The fourth-order valence-corrected chi connectivity index (χ4v) is 6.41. The van der Waals surface area contributed by atoms with Gasteiger partial charge in [-0.05, 0) is 86.3 Å². The Morgan fingerprint density at radius 3 is 1.63 bits per heavy atom. The lowest BCUT2D eigenvalue weighted by Gasteiger charge is -2.09. The van der Waals surface area contributed by atoms with Crippen LogP contribution in [-0.4, -0.2) is 29.9 Å².